The van der Waals surface area contributed by atoms with Crippen LogP contribution in [0, 0.1) is 0 Å². The zero-order chi connectivity index (χ0) is 10.6. The van der Waals surface area contributed by atoms with Gasteiger partial charge in [-0.3, -0.25) is 0 Å². The normalized spacial score (nSPS) is 31.8. The smallest absolute Gasteiger partial charge is 0.166 e. The lowest BCUT2D eigenvalue weighted by Gasteiger charge is -2.23. The van der Waals surface area contributed by atoms with Crippen LogP contribution in [0.4, 0.5) is 0 Å². The third kappa shape index (κ3) is 3.31. The average molecular weight is 200 g/mol. The lowest BCUT2D eigenvalue weighted by molar-refractivity contribution is -0.157. The highest BCUT2D eigenvalue weighted by Gasteiger charge is 2.34. The van der Waals surface area contributed by atoms with Gasteiger partial charge in [0.05, 0.1) is 25.1 Å². The van der Waals surface area contributed by atoms with Gasteiger partial charge >= 0.3 is 0 Å². The summed E-state index contributed by atoms with van der Waals surface area (Å²) in [4.78, 5) is 0. The number of hydrogen-bond acceptors (Lipinski definition) is 3. The first-order valence-corrected chi connectivity index (χ1v) is 5.18. The van der Waals surface area contributed by atoms with Crippen molar-refractivity contribution in [2.75, 3.05) is 13.2 Å². The van der Waals surface area contributed by atoms with E-state index in [1.165, 1.54) is 0 Å². The van der Waals surface area contributed by atoms with Gasteiger partial charge in [0.2, 0.25) is 0 Å². The summed E-state index contributed by atoms with van der Waals surface area (Å²) < 4.78 is 16.5. The molecule has 0 spiro atoms. The van der Waals surface area contributed by atoms with E-state index in [0.717, 1.165) is 18.6 Å². The van der Waals surface area contributed by atoms with Crippen LogP contribution in [0.2, 0.25) is 0 Å². The molecule has 3 nitrogen and oxygen atoms in total. The minimum atomic E-state index is -0.445. The standard InChI is InChI=1S/C11H20O3/c1-5-12-9(2)6-7-11(4)13-8-10(3)14-11/h10H,2,5-8H2,1,3-4H3. The second kappa shape index (κ2) is 4.80. The van der Waals surface area contributed by atoms with E-state index in [4.69, 9.17) is 14.2 Å². The molecule has 0 radical (unpaired) electrons. The van der Waals surface area contributed by atoms with Crippen LogP contribution < -0.4 is 0 Å². The fourth-order valence-electron chi connectivity index (χ4n) is 1.56. The monoisotopic (exact) mass is 200 g/mol. The first-order valence-electron chi connectivity index (χ1n) is 5.18. The van der Waals surface area contributed by atoms with Gasteiger partial charge in [-0.15, -0.1) is 0 Å². The fourth-order valence-corrected chi connectivity index (χ4v) is 1.56. The summed E-state index contributed by atoms with van der Waals surface area (Å²) in [6.45, 7) is 11.1. The molecule has 1 rings (SSSR count). The molecule has 3 heteroatoms. The molecule has 14 heavy (non-hydrogen) atoms. The predicted molar refractivity (Wildman–Crippen MR) is 54.9 cm³/mol. The van der Waals surface area contributed by atoms with E-state index in [9.17, 15) is 0 Å². The van der Waals surface area contributed by atoms with Gasteiger partial charge < -0.3 is 14.2 Å². The van der Waals surface area contributed by atoms with Crippen LogP contribution in [0.5, 0.6) is 0 Å². The minimum absolute atomic E-state index is 0.195. The van der Waals surface area contributed by atoms with Gasteiger partial charge in [0.15, 0.2) is 5.79 Å². The maximum atomic E-state index is 5.66. The zero-order valence-electron chi connectivity index (χ0n) is 9.34. The molecule has 82 valence electrons. The number of rotatable bonds is 5. The molecule has 0 N–H and O–H groups in total. The Bertz CT molecular complexity index is 203. The molecular formula is C11H20O3. The summed E-state index contributed by atoms with van der Waals surface area (Å²) in [6, 6.07) is 0. The molecule has 1 aliphatic heterocycles. The van der Waals surface area contributed by atoms with E-state index in [1.54, 1.807) is 0 Å². The average Bonchev–Trinajstić information content (AvgIpc) is 2.45. The highest BCUT2D eigenvalue weighted by Crippen LogP contribution is 2.28. The molecule has 1 heterocycles. The molecule has 1 saturated heterocycles. The van der Waals surface area contributed by atoms with Crippen molar-refractivity contribution in [2.24, 2.45) is 0 Å². The quantitative estimate of drug-likeness (QED) is 0.638. The van der Waals surface area contributed by atoms with Crippen LogP contribution in [0.1, 0.15) is 33.6 Å². The Hall–Kier alpha value is -0.540. The van der Waals surface area contributed by atoms with Crippen molar-refractivity contribution in [3.05, 3.63) is 12.3 Å². The van der Waals surface area contributed by atoms with Gasteiger partial charge in [0, 0.05) is 12.8 Å². The molecular weight excluding hydrogens is 180 g/mol. The predicted octanol–water partition coefficient (Wildman–Crippen LogP) is 2.47. The SMILES string of the molecule is C=C(CCC1(C)OCC(C)O1)OCC. The van der Waals surface area contributed by atoms with Gasteiger partial charge in [-0.25, -0.2) is 0 Å². The summed E-state index contributed by atoms with van der Waals surface area (Å²) in [5.41, 5.74) is 0. The van der Waals surface area contributed by atoms with Gasteiger partial charge in [-0.05, 0) is 20.8 Å². The zero-order valence-corrected chi connectivity index (χ0v) is 9.34. The summed E-state index contributed by atoms with van der Waals surface area (Å²) >= 11 is 0. The summed E-state index contributed by atoms with van der Waals surface area (Å²) in [7, 11) is 0. The van der Waals surface area contributed by atoms with Crippen molar-refractivity contribution in [1.29, 1.82) is 0 Å². The van der Waals surface area contributed by atoms with E-state index in [-0.39, 0.29) is 6.10 Å². The van der Waals surface area contributed by atoms with Crippen molar-refractivity contribution in [1.82, 2.24) is 0 Å². The Kier molecular flexibility index (Phi) is 3.96. The Labute approximate surface area is 86.0 Å². The van der Waals surface area contributed by atoms with E-state index in [2.05, 4.69) is 6.58 Å². The molecule has 0 aliphatic carbocycles. The van der Waals surface area contributed by atoms with E-state index in [0.29, 0.717) is 13.2 Å². The van der Waals surface area contributed by atoms with Gasteiger partial charge in [-0.2, -0.15) is 0 Å². The fraction of sp³-hybridized carbons (Fsp3) is 0.818. The molecule has 0 saturated carbocycles. The van der Waals surface area contributed by atoms with E-state index < -0.39 is 5.79 Å². The topological polar surface area (TPSA) is 27.7 Å². The Balaban J connectivity index is 2.27. The summed E-state index contributed by atoms with van der Waals surface area (Å²) in [6.07, 6.45) is 1.79. The summed E-state index contributed by atoms with van der Waals surface area (Å²) in [5.74, 6) is 0.361. The molecule has 0 aromatic heterocycles. The second-order valence-electron chi connectivity index (χ2n) is 3.84. The molecule has 0 aromatic rings. The van der Waals surface area contributed by atoms with Crippen molar-refractivity contribution in [2.45, 2.75) is 45.5 Å². The largest absolute Gasteiger partial charge is 0.499 e. The van der Waals surface area contributed by atoms with E-state index in [1.807, 2.05) is 20.8 Å². The maximum absolute atomic E-state index is 5.66. The third-order valence-electron chi connectivity index (χ3n) is 2.28. The van der Waals surface area contributed by atoms with Crippen LogP contribution in [0.15, 0.2) is 12.3 Å². The van der Waals surface area contributed by atoms with Crippen LogP contribution in [0.25, 0.3) is 0 Å². The first-order chi connectivity index (χ1) is 6.56. The van der Waals surface area contributed by atoms with Crippen LogP contribution in [0.3, 0.4) is 0 Å². The van der Waals surface area contributed by atoms with Crippen LogP contribution in [-0.4, -0.2) is 25.1 Å². The Morgan fingerprint density at radius 2 is 2.36 bits per heavy atom. The second-order valence-corrected chi connectivity index (χ2v) is 3.84. The highest BCUT2D eigenvalue weighted by molar-refractivity contribution is 4.85. The molecule has 1 aliphatic rings. The van der Waals surface area contributed by atoms with Gasteiger partial charge in [-0.1, -0.05) is 6.58 Å². The van der Waals surface area contributed by atoms with Crippen LogP contribution in [-0.2, 0) is 14.2 Å². The maximum Gasteiger partial charge on any atom is 0.166 e. The van der Waals surface area contributed by atoms with Crippen molar-refractivity contribution in [3.63, 3.8) is 0 Å². The van der Waals surface area contributed by atoms with Crippen molar-refractivity contribution in [3.8, 4) is 0 Å². The van der Waals surface area contributed by atoms with E-state index >= 15 is 0 Å². The third-order valence-corrected chi connectivity index (χ3v) is 2.28. The number of ether oxygens (including phenoxy) is 3. The number of hydrogen-bond donors (Lipinski definition) is 0. The first kappa shape index (κ1) is 11.5. The van der Waals surface area contributed by atoms with Gasteiger partial charge in [0.25, 0.3) is 0 Å². The van der Waals surface area contributed by atoms with Crippen molar-refractivity contribution < 1.29 is 14.2 Å². The summed E-state index contributed by atoms with van der Waals surface area (Å²) in [5, 5.41) is 0. The Morgan fingerprint density at radius 1 is 1.64 bits per heavy atom. The lowest BCUT2D eigenvalue weighted by Crippen LogP contribution is -2.26. The lowest BCUT2D eigenvalue weighted by atomic mass is 10.1. The number of allylic oxidation sites excluding steroid dienone is 1. The molecule has 1 fully saturated rings. The Morgan fingerprint density at radius 3 is 2.86 bits per heavy atom. The molecule has 2 unspecified atom stereocenters. The van der Waals surface area contributed by atoms with Gasteiger partial charge in [0.1, 0.15) is 0 Å². The molecule has 0 bridgehead atoms. The molecule has 2 atom stereocenters. The highest BCUT2D eigenvalue weighted by atomic mass is 16.7. The molecule has 0 aromatic carbocycles. The minimum Gasteiger partial charge on any atom is -0.499 e. The van der Waals surface area contributed by atoms with Crippen LogP contribution >= 0.6 is 0 Å². The van der Waals surface area contributed by atoms with Crippen molar-refractivity contribution >= 4 is 0 Å². The molecule has 0 amide bonds.